The van der Waals surface area contributed by atoms with E-state index in [0.717, 1.165) is 18.6 Å². The lowest BCUT2D eigenvalue weighted by molar-refractivity contribution is 0.101. The number of ether oxygens (including phenoxy) is 2. The SMILES string of the molecule is CCCOc1ccc(OCCC)c(C(C)=O)c1. The average Bonchev–Trinajstić information content (AvgIpc) is 2.34. The molecule has 17 heavy (non-hydrogen) atoms. The van der Waals surface area contributed by atoms with Crippen molar-refractivity contribution >= 4 is 5.78 Å². The van der Waals surface area contributed by atoms with Gasteiger partial charge >= 0.3 is 0 Å². The predicted molar refractivity (Wildman–Crippen MR) is 68.0 cm³/mol. The molecule has 0 heterocycles. The summed E-state index contributed by atoms with van der Waals surface area (Å²) in [4.78, 5) is 11.5. The van der Waals surface area contributed by atoms with E-state index in [9.17, 15) is 4.79 Å². The van der Waals surface area contributed by atoms with Crippen LogP contribution in [0, 0.1) is 0 Å². The lowest BCUT2D eigenvalue weighted by Gasteiger charge is -2.11. The molecule has 0 saturated carbocycles. The molecule has 0 radical (unpaired) electrons. The number of hydrogen-bond acceptors (Lipinski definition) is 3. The Balaban J connectivity index is 2.87. The van der Waals surface area contributed by atoms with Crippen LogP contribution in [0.1, 0.15) is 44.0 Å². The van der Waals surface area contributed by atoms with Crippen LogP contribution in [0.2, 0.25) is 0 Å². The molecule has 1 aromatic carbocycles. The number of benzene rings is 1. The van der Waals surface area contributed by atoms with Gasteiger partial charge in [-0.05, 0) is 38.0 Å². The van der Waals surface area contributed by atoms with Crippen molar-refractivity contribution in [3.8, 4) is 11.5 Å². The molecule has 0 unspecified atom stereocenters. The van der Waals surface area contributed by atoms with Crippen LogP contribution in [0.25, 0.3) is 0 Å². The Hall–Kier alpha value is -1.51. The van der Waals surface area contributed by atoms with Crippen LogP contribution in [-0.2, 0) is 0 Å². The van der Waals surface area contributed by atoms with E-state index in [1.807, 2.05) is 19.9 Å². The summed E-state index contributed by atoms with van der Waals surface area (Å²) in [6.07, 6.45) is 1.87. The number of hydrogen-bond donors (Lipinski definition) is 0. The topological polar surface area (TPSA) is 35.5 Å². The molecule has 0 spiro atoms. The Kier molecular flexibility index (Phi) is 5.53. The molecule has 0 aromatic heterocycles. The van der Waals surface area contributed by atoms with E-state index in [2.05, 4.69) is 0 Å². The van der Waals surface area contributed by atoms with Gasteiger partial charge in [0.2, 0.25) is 0 Å². The molecule has 1 aromatic rings. The van der Waals surface area contributed by atoms with Crippen molar-refractivity contribution in [3.05, 3.63) is 23.8 Å². The summed E-state index contributed by atoms with van der Waals surface area (Å²) in [5.41, 5.74) is 0.590. The zero-order valence-electron chi connectivity index (χ0n) is 10.8. The van der Waals surface area contributed by atoms with Crippen LogP contribution in [0.4, 0.5) is 0 Å². The van der Waals surface area contributed by atoms with Gasteiger partial charge in [0.05, 0.1) is 18.8 Å². The standard InChI is InChI=1S/C14H20O3/c1-4-8-16-12-6-7-14(17-9-5-2)13(10-12)11(3)15/h6-7,10H,4-5,8-9H2,1-3H3. The van der Waals surface area contributed by atoms with Crippen molar-refractivity contribution < 1.29 is 14.3 Å². The first kappa shape index (κ1) is 13.6. The minimum absolute atomic E-state index is 0.00180. The minimum Gasteiger partial charge on any atom is -0.494 e. The first-order chi connectivity index (χ1) is 8.19. The number of rotatable bonds is 7. The van der Waals surface area contributed by atoms with Gasteiger partial charge in [-0.15, -0.1) is 0 Å². The fourth-order valence-electron chi connectivity index (χ4n) is 1.43. The van der Waals surface area contributed by atoms with Gasteiger partial charge in [0.25, 0.3) is 0 Å². The Morgan fingerprint density at radius 3 is 2.35 bits per heavy atom. The van der Waals surface area contributed by atoms with Gasteiger partial charge in [-0.3, -0.25) is 4.79 Å². The molecule has 0 aliphatic rings. The summed E-state index contributed by atoms with van der Waals surface area (Å²) in [6.45, 7) is 6.90. The van der Waals surface area contributed by atoms with Gasteiger partial charge in [-0.25, -0.2) is 0 Å². The highest BCUT2D eigenvalue weighted by Gasteiger charge is 2.10. The first-order valence-electron chi connectivity index (χ1n) is 6.09. The van der Waals surface area contributed by atoms with Crippen molar-refractivity contribution in [3.63, 3.8) is 0 Å². The van der Waals surface area contributed by atoms with E-state index in [1.165, 1.54) is 6.92 Å². The van der Waals surface area contributed by atoms with Gasteiger partial charge in [0.1, 0.15) is 11.5 Å². The molecule has 0 saturated heterocycles. The summed E-state index contributed by atoms with van der Waals surface area (Å²) in [5.74, 6) is 1.36. The van der Waals surface area contributed by atoms with E-state index in [-0.39, 0.29) is 5.78 Å². The van der Waals surface area contributed by atoms with Crippen molar-refractivity contribution in [1.82, 2.24) is 0 Å². The molecule has 0 N–H and O–H groups in total. The number of carbonyl (C=O) groups excluding carboxylic acids is 1. The smallest absolute Gasteiger partial charge is 0.163 e. The summed E-state index contributed by atoms with van der Waals surface area (Å²) < 4.78 is 11.0. The normalized spacial score (nSPS) is 10.1. The van der Waals surface area contributed by atoms with Crippen LogP contribution >= 0.6 is 0 Å². The third kappa shape index (κ3) is 4.10. The highest BCUT2D eigenvalue weighted by molar-refractivity contribution is 5.97. The summed E-state index contributed by atoms with van der Waals surface area (Å²) in [7, 11) is 0. The Bertz CT molecular complexity index is 372. The highest BCUT2D eigenvalue weighted by atomic mass is 16.5. The van der Waals surface area contributed by atoms with Gasteiger partial charge < -0.3 is 9.47 Å². The number of Topliss-reactive ketones (excluding diaryl/α,β-unsaturated/α-hetero) is 1. The minimum atomic E-state index is -0.00180. The second-order valence-electron chi connectivity index (χ2n) is 3.91. The van der Waals surface area contributed by atoms with E-state index in [4.69, 9.17) is 9.47 Å². The summed E-state index contributed by atoms with van der Waals surface area (Å²) in [6, 6.07) is 5.40. The Morgan fingerprint density at radius 2 is 1.76 bits per heavy atom. The second-order valence-corrected chi connectivity index (χ2v) is 3.91. The Morgan fingerprint density at radius 1 is 1.12 bits per heavy atom. The monoisotopic (exact) mass is 236 g/mol. The molecule has 0 aliphatic carbocycles. The van der Waals surface area contributed by atoms with E-state index in [1.54, 1.807) is 12.1 Å². The number of carbonyl (C=O) groups is 1. The van der Waals surface area contributed by atoms with Gasteiger partial charge in [-0.1, -0.05) is 13.8 Å². The molecule has 0 aliphatic heterocycles. The lowest BCUT2D eigenvalue weighted by Crippen LogP contribution is -2.03. The molecular formula is C14H20O3. The number of ketones is 1. The highest BCUT2D eigenvalue weighted by Crippen LogP contribution is 2.25. The van der Waals surface area contributed by atoms with Crippen molar-refractivity contribution in [2.45, 2.75) is 33.6 Å². The van der Waals surface area contributed by atoms with E-state index in [0.29, 0.717) is 24.5 Å². The molecule has 1 rings (SSSR count). The third-order valence-corrected chi connectivity index (χ3v) is 2.26. The third-order valence-electron chi connectivity index (χ3n) is 2.26. The molecular weight excluding hydrogens is 216 g/mol. The second kappa shape index (κ2) is 6.94. The van der Waals surface area contributed by atoms with Gasteiger partial charge in [0, 0.05) is 0 Å². The van der Waals surface area contributed by atoms with Crippen LogP contribution < -0.4 is 9.47 Å². The first-order valence-corrected chi connectivity index (χ1v) is 6.09. The quantitative estimate of drug-likeness (QED) is 0.680. The van der Waals surface area contributed by atoms with Crippen LogP contribution in [0.15, 0.2) is 18.2 Å². The summed E-state index contributed by atoms with van der Waals surface area (Å²) >= 11 is 0. The largest absolute Gasteiger partial charge is 0.494 e. The van der Waals surface area contributed by atoms with Crippen molar-refractivity contribution in [1.29, 1.82) is 0 Å². The molecule has 3 nitrogen and oxygen atoms in total. The van der Waals surface area contributed by atoms with E-state index >= 15 is 0 Å². The van der Waals surface area contributed by atoms with E-state index < -0.39 is 0 Å². The molecule has 0 fully saturated rings. The van der Waals surface area contributed by atoms with Crippen molar-refractivity contribution in [2.75, 3.05) is 13.2 Å². The molecule has 3 heteroatoms. The predicted octanol–water partition coefficient (Wildman–Crippen LogP) is 3.47. The maximum absolute atomic E-state index is 11.5. The fourth-order valence-corrected chi connectivity index (χ4v) is 1.43. The summed E-state index contributed by atoms with van der Waals surface area (Å²) in [5, 5.41) is 0. The maximum Gasteiger partial charge on any atom is 0.163 e. The Labute approximate surface area is 103 Å². The zero-order valence-corrected chi connectivity index (χ0v) is 10.8. The van der Waals surface area contributed by atoms with Gasteiger partial charge in [-0.2, -0.15) is 0 Å². The lowest BCUT2D eigenvalue weighted by atomic mass is 10.1. The average molecular weight is 236 g/mol. The molecule has 0 amide bonds. The van der Waals surface area contributed by atoms with Crippen LogP contribution in [-0.4, -0.2) is 19.0 Å². The van der Waals surface area contributed by atoms with Crippen LogP contribution in [0.5, 0.6) is 11.5 Å². The zero-order chi connectivity index (χ0) is 12.7. The van der Waals surface area contributed by atoms with Crippen molar-refractivity contribution in [2.24, 2.45) is 0 Å². The fraction of sp³-hybridized carbons (Fsp3) is 0.500. The maximum atomic E-state index is 11.5. The molecule has 0 bridgehead atoms. The van der Waals surface area contributed by atoms with Crippen LogP contribution in [0.3, 0.4) is 0 Å². The molecule has 0 atom stereocenters. The van der Waals surface area contributed by atoms with Gasteiger partial charge in [0.15, 0.2) is 5.78 Å². The molecule has 94 valence electrons.